The van der Waals surface area contributed by atoms with Crippen molar-refractivity contribution < 1.29 is 13.6 Å². The number of rotatable bonds is 3. The van der Waals surface area contributed by atoms with Crippen LogP contribution in [0.1, 0.15) is 5.56 Å². The SMILES string of the molecule is O=C(C=Cc1ccccc1)Nc1ccc(F)cc1F. The van der Waals surface area contributed by atoms with E-state index in [-0.39, 0.29) is 5.69 Å². The van der Waals surface area contributed by atoms with Crippen LogP contribution in [0.3, 0.4) is 0 Å². The molecule has 0 aliphatic carbocycles. The van der Waals surface area contributed by atoms with E-state index in [4.69, 9.17) is 0 Å². The number of halogens is 2. The van der Waals surface area contributed by atoms with Crippen LogP contribution in [0.25, 0.3) is 6.08 Å². The normalized spacial score (nSPS) is 10.6. The largest absolute Gasteiger partial charge is 0.320 e. The van der Waals surface area contributed by atoms with Crippen LogP contribution in [0, 0.1) is 11.6 Å². The summed E-state index contributed by atoms with van der Waals surface area (Å²) in [6.07, 6.45) is 2.90. The molecule has 0 unspecified atom stereocenters. The third-order valence-electron chi connectivity index (χ3n) is 2.42. The smallest absolute Gasteiger partial charge is 0.248 e. The van der Waals surface area contributed by atoms with Gasteiger partial charge in [0.05, 0.1) is 5.69 Å². The first kappa shape index (κ1) is 13.0. The van der Waals surface area contributed by atoms with E-state index in [1.165, 1.54) is 12.1 Å². The average molecular weight is 259 g/mol. The summed E-state index contributed by atoms with van der Waals surface area (Å²) in [5, 5.41) is 2.34. The molecule has 96 valence electrons. The van der Waals surface area contributed by atoms with Gasteiger partial charge in [0.2, 0.25) is 5.91 Å². The Balaban J connectivity index is 2.04. The number of anilines is 1. The first-order chi connectivity index (χ1) is 9.15. The Kier molecular flexibility index (Phi) is 4.03. The zero-order valence-electron chi connectivity index (χ0n) is 9.94. The zero-order chi connectivity index (χ0) is 13.7. The van der Waals surface area contributed by atoms with E-state index in [1.807, 2.05) is 30.3 Å². The van der Waals surface area contributed by atoms with Crippen LogP contribution in [-0.2, 0) is 4.79 Å². The molecule has 2 rings (SSSR count). The Labute approximate surface area is 109 Å². The molecule has 2 aromatic carbocycles. The monoisotopic (exact) mass is 259 g/mol. The molecule has 4 heteroatoms. The lowest BCUT2D eigenvalue weighted by Gasteiger charge is -2.03. The predicted molar refractivity (Wildman–Crippen MR) is 70.5 cm³/mol. The van der Waals surface area contributed by atoms with E-state index < -0.39 is 17.5 Å². The van der Waals surface area contributed by atoms with Gasteiger partial charge in [-0.2, -0.15) is 0 Å². The Bertz CT molecular complexity index is 609. The van der Waals surface area contributed by atoms with Crippen molar-refractivity contribution in [3.8, 4) is 0 Å². The second kappa shape index (κ2) is 5.91. The van der Waals surface area contributed by atoms with E-state index in [0.717, 1.165) is 17.7 Å². The molecule has 1 N–H and O–H groups in total. The minimum atomic E-state index is -0.804. The molecule has 19 heavy (non-hydrogen) atoms. The van der Waals surface area contributed by atoms with E-state index in [0.29, 0.717) is 0 Å². The molecule has 0 bridgehead atoms. The predicted octanol–water partition coefficient (Wildman–Crippen LogP) is 3.62. The van der Waals surface area contributed by atoms with Gasteiger partial charge in [-0.25, -0.2) is 8.78 Å². The van der Waals surface area contributed by atoms with Crippen LogP contribution >= 0.6 is 0 Å². The van der Waals surface area contributed by atoms with Crippen molar-refractivity contribution in [1.29, 1.82) is 0 Å². The van der Waals surface area contributed by atoms with Crippen LogP contribution in [-0.4, -0.2) is 5.91 Å². The molecule has 0 aliphatic rings. The fraction of sp³-hybridized carbons (Fsp3) is 0. The highest BCUT2D eigenvalue weighted by Gasteiger charge is 2.05. The van der Waals surface area contributed by atoms with Gasteiger partial charge in [-0.3, -0.25) is 4.79 Å². The molecular formula is C15H11F2NO. The van der Waals surface area contributed by atoms with Gasteiger partial charge < -0.3 is 5.32 Å². The van der Waals surface area contributed by atoms with Crippen LogP contribution in [0.5, 0.6) is 0 Å². The lowest BCUT2D eigenvalue weighted by molar-refractivity contribution is -0.111. The Hall–Kier alpha value is -2.49. The van der Waals surface area contributed by atoms with Crippen LogP contribution < -0.4 is 5.32 Å². The highest BCUT2D eigenvalue weighted by atomic mass is 19.1. The average Bonchev–Trinajstić information content (AvgIpc) is 2.41. The fourth-order valence-electron chi connectivity index (χ4n) is 1.50. The summed E-state index contributed by atoms with van der Waals surface area (Å²) < 4.78 is 26.0. The number of carbonyl (C=O) groups excluding carboxylic acids is 1. The van der Waals surface area contributed by atoms with Crippen molar-refractivity contribution in [3.63, 3.8) is 0 Å². The van der Waals surface area contributed by atoms with E-state index in [1.54, 1.807) is 6.08 Å². The Morgan fingerprint density at radius 3 is 2.47 bits per heavy atom. The van der Waals surface area contributed by atoms with Gasteiger partial charge in [0.25, 0.3) is 0 Å². The fourth-order valence-corrected chi connectivity index (χ4v) is 1.50. The van der Waals surface area contributed by atoms with Gasteiger partial charge in [0.1, 0.15) is 11.6 Å². The summed E-state index contributed by atoms with van der Waals surface area (Å²) in [4.78, 5) is 11.6. The van der Waals surface area contributed by atoms with Crippen LogP contribution in [0.4, 0.5) is 14.5 Å². The van der Waals surface area contributed by atoms with E-state index >= 15 is 0 Å². The molecular weight excluding hydrogens is 248 g/mol. The van der Waals surface area contributed by atoms with Crippen molar-refractivity contribution in [2.24, 2.45) is 0 Å². The van der Waals surface area contributed by atoms with Crippen molar-refractivity contribution in [3.05, 3.63) is 71.8 Å². The van der Waals surface area contributed by atoms with Gasteiger partial charge in [-0.15, -0.1) is 0 Å². The molecule has 0 saturated heterocycles. The molecule has 0 heterocycles. The van der Waals surface area contributed by atoms with Crippen molar-refractivity contribution in [2.75, 3.05) is 5.32 Å². The molecule has 0 atom stereocenters. The topological polar surface area (TPSA) is 29.1 Å². The van der Waals surface area contributed by atoms with Crippen molar-refractivity contribution in [2.45, 2.75) is 0 Å². The number of amides is 1. The molecule has 0 aliphatic heterocycles. The van der Waals surface area contributed by atoms with E-state index in [2.05, 4.69) is 5.32 Å². The van der Waals surface area contributed by atoms with Crippen molar-refractivity contribution in [1.82, 2.24) is 0 Å². The zero-order valence-corrected chi connectivity index (χ0v) is 9.94. The highest BCUT2D eigenvalue weighted by Crippen LogP contribution is 2.14. The number of benzene rings is 2. The summed E-state index contributed by atoms with van der Waals surface area (Å²) in [6, 6.07) is 12.2. The second-order valence-corrected chi connectivity index (χ2v) is 3.86. The Morgan fingerprint density at radius 1 is 1.05 bits per heavy atom. The Morgan fingerprint density at radius 2 is 1.79 bits per heavy atom. The maximum Gasteiger partial charge on any atom is 0.248 e. The summed E-state index contributed by atoms with van der Waals surface area (Å²) in [6.45, 7) is 0. The first-order valence-electron chi connectivity index (χ1n) is 5.64. The summed E-state index contributed by atoms with van der Waals surface area (Å²) in [5.41, 5.74) is 0.807. The number of hydrogen-bond donors (Lipinski definition) is 1. The molecule has 0 saturated carbocycles. The minimum Gasteiger partial charge on any atom is -0.320 e. The minimum absolute atomic E-state index is 0.0517. The summed E-state index contributed by atoms with van der Waals surface area (Å²) in [5.74, 6) is -1.97. The lowest BCUT2D eigenvalue weighted by Crippen LogP contribution is -2.09. The first-order valence-corrected chi connectivity index (χ1v) is 5.64. The van der Waals surface area contributed by atoms with Gasteiger partial charge in [-0.05, 0) is 23.8 Å². The van der Waals surface area contributed by atoms with Gasteiger partial charge in [-0.1, -0.05) is 30.3 Å². The third kappa shape index (κ3) is 3.74. The molecule has 0 aromatic heterocycles. The van der Waals surface area contributed by atoms with Gasteiger partial charge in [0, 0.05) is 12.1 Å². The van der Waals surface area contributed by atoms with Gasteiger partial charge >= 0.3 is 0 Å². The van der Waals surface area contributed by atoms with Gasteiger partial charge in [0.15, 0.2) is 0 Å². The summed E-state index contributed by atoms with van der Waals surface area (Å²) >= 11 is 0. The maximum absolute atomic E-state index is 13.3. The molecule has 2 nitrogen and oxygen atoms in total. The third-order valence-corrected chi connectivity index (χ3v) is 2.42. The number of carbonyl (C=O) groups is 1. The molecule has 0 fully saturated rings. The number of hydrogen-bond acceptors (Lipinski definition) is 1. The van der Waals surface area contributed by atoms with Crippen molar-refractivity contribution >= 4 is 17.7 Å². The maximum atomic E-state index is 13.3. The highest BCUT2D eigenvalue weighted by molar-refractivity contribution is 6.01. The molecule has 2 aromatic rings. The van der Waals surface area contributed by atoms with Crippen LogP contribution in [0.15, 0.2) is 54.6 Å². The summed E-state index contributed by atoms with van der Waals surface area (Å²) in [7, 11) is 0. The second-order valence-electron chi connectivity index (χ2n) is 3.86. The number of nitrogens with one attached hydrogen (secondary N) is 1. The molecule has 1 amide bonds. The standard InChI is InChI=1S/C15H11F2NO/c16-12-7-8-14(13(17)10-12)18-15(19)9-6-11-4-2-1-3-5-11/h1-10H,(H,18,19). The molecule has 0 radical (unpaired) electrons. The van der Waals surface area contributed by atoms with Crippen LogP contribution in [0.2, 0.25) is 0 Å². The molecule has 0 spiro atoms. The quantitative estimate of drug-likeness (QED) is 0.838. The van der Waals surface area contributed by atoms with E-state index in [9.17, 15) is 13.6 Å². The lowest BCUT2D eigenvalue weighted by atomic mass is 10.2.